The van der Waals surface area contributed by atoms with Gasteiger partial charge in [-0.2, -0.15) is 0 Å². The second-order valence-electron chi connectivity index (χ2n) is 6.70. The van der Waals surface area contributed by atoms with Crippen molar-refractivity contribution in [2.75, 3.05) is 39.8 Å². The van der Waals surface area contributed by atoms with E-state index >= 15 is 0 Å². The molecule has 25 heavy (non-hydrogen) atoms. The van der Waals surface area contributed by atoms with Crippen LogP contribution in [0.4, 0.5) is 9.18 Å². The van der Waals surface area contributed by atoms with E-state index in [4.69, 9.17) is 0 Å². The van der Waals surface area contributed by atoms with Gasteiger partial charge in [-0.05, 0) is 32.5 Å². The Bertz CT molecular complexity index is 631. The molecule has 7 heteroatoms. The van der Waals surface area contributed by atoms with Crippen molar-refractivity contribution in [3.05, 3.63) is 35.6 Å². The van der Waals surface area contributed by atoms with Gasteiger partial charge in [-0.15, -0.1) is 0 Å². The van der Waals surface area contributed by atoms with Crippen LogP contribution in [-0.4, -0.2) is 72.5 Å². The van der Waals surface area contributed by atoms with Gasteiger partial charge in [-0.1, -0.05) is 18.2 Å². The van der Waals surface area contributed by atoms with Gasteiger partial charge in [0.25, 0.3) is 0 Å². The van der Waals surface area contributed by atoms with Crippen LogP contribution in [0.25, 0.3) is 0 Å². The molecule has 1 aromatic carbocycles. The normalized spacial score (nSPS) is 21.4. The third kappa shape index (κ3) is 4.10. The van der Waals surface area contributed by atoms with Gasteiger partial charge in [0.05, 0.1) is 6.04 Å². The molecule has 0 aromatic heterocycles. The Morgan fingerprint density at radius 3 is 2.44 bits per heavy atom. The summed E-state index contributed by atoms with van der Waals surface area (Å²) in [5.41, 5.74) is 0.467. The Morgan fingerprint density at radius 2 is 1.80 bits per heavy atom. The van der Waals surface area contributed by atoms with E-state index in [1.165, 1.54) is 6.07 Å². The van der Waals surface area contributed by atoms with Crippen LogP contribution in [0.1, 0.15) is 18.4 Å². The highest BCUT2D eigenvalue weighted by atomic mass is 19.1. The summed E-state index contributed by atoms with van der Waals surface area (Å²) in [6.45, 7) is 3.25. The number of urea groups is 1. The fraction of sp³-hybridized carbons (Fsp3) is 0.556. The maximum Gasteiger partial charge on any atom is 0.317 e. The van der Waals surface area contributed by atoms with Crippen molar-refractivity contribution in [2.24, 2.45) is 0 Å². The number of rotatable bonds is 3. The number of hydrogen-bond donors (Lipinski definition) is 1. The first-order valence-corrected chi connectivity index (χ1v) is 8.81. The predicted octanol–water partition coefficient (Wildman–Crippen LogP) is 1.27. The molecule has 0 aliphatic carbocycles. The third-order valence-corrected chi connectivity index (χ3v) is 5.07. The first kappa shape index (κ1) is 17.7. The minimum Gasteiger partial charge on any atom is -0.338 e. The number of carbonyl (C=O) groups excluding carboxylic acids is 2. The smallest absolute Gasteiger partial charge is 0.317 e. The van der Waals surface area contributed by atoms with Gasteiger partial charge in [0.15, 0.2) is 0 Å². The van der Waals surface area contributed by atoms with Crippen molar-refractivity contribution in [1.82, 2.24) is 20.0 Å². The predicted molar refractivity (Wildman–Crippen MR) is 92.4 cm³/mol. The molecule has 0 radical (unpaired) electrons. The number of nitrogens with one attached hydrogen (secondary N) is 1. The minimum atomic E-state index is -0.320. The van der Waals surface area contributed by atoms with Gasteiger partial charge < -0.3 is 15.1 Å². The number of piperazine rings is 1. The van der Waals surface area contributed by atoms with Crippen molar-refractivity contribution >= 4 is 11.9 Å². The lowest BCUT2D eigenvalue weighted by Crippen LogP contribution is -2.55. The van der Waals surface area contributed by atoms with Gasteiger partial charge in [0.1, 0.15) is 5.82 Å². The van der Waals surface area contributed by atoms with Crippen LogP contribution in [0.2, 0.25) is 0 Å². The first-order valence-electron chi connectivity index (χ1n) is 8.81. The summed E-state index contributed by atoms with van der Waals surface area (Å²) < 4.78 is 13.6. The molecule has 1 N–H and O–H groups in total. The summed E-state index contributed by atoms with van der Waals surface area (Å²) >= 11 is 0. The molecular weight excluding hydrogens is 323 g/mol. The van der Waals surface area contributed by atoms with E-state index in [0.29, 0.717) is 31.7 Å². The molecule has 6 nitrogen and oxygen atoms in total. The summed E-state index contributed by atoms with van der Waals surface area (Å²) in [5.74, 6) is -0.148. The van der Waals surface area contributed by atoms with Crippen LogP contribution in [0, 0.1) is 5.82 Å². The average molecular weight is 348 g/mol. The van der Waals surface area contributed by atoms with Crippen molar-refractivity contribution in [3.63, 3.8) is 0 Å². The van der Waals surface area contributed by atoms with E-state index in [2.05, 4.69) is 10.2 Å². The largest absolute Gasteiger partial charge is 0.338 e. The van der Waals surface area contributed by atoms with E-state index in [-0.39, 0.29) is 30.3 Å². The van der Waals surface area contributed by atoms with E-state index in [0.717, 1.165) is 19.4 Å². The molecule has 136 valence electrons. The number of benzene rings is 1. The molecule has 2 saturated heterocycles. The standard InChI is InChI=1S/C18H25FN4O2/c1-21-8-4-7-16(21)17(24)22-9-11-23(12-10-22)18(25)20-13-14-5-2-3-6-15(14)19/h2-3,5-6,16H,4,7-13H2,1H3,(H,20,25). The monoisotopic (exact) mass is 348 g/mol. The molecule has 2 heterocycles. The van der Waals surface area contributed by atoms with Crippen molar-refractivity contribution < 1.29 is 14.0 Å². The van der Waals surface area contributed by atoms with Crippen LogP contribution < -0.4 is 5.32 Å². The Balaban J connectivity index is 1.46. The summed E-state index contributed by atoms with van der Waals surface area (Å²) in [5, 5.41) is 2.75. The lowest BCUT2D eigenvalue weighted by Gasteiger charge is -2.36. The fourth-order valence-corrected chi connectivity index (χ4v) is 3.49. The Kier molecular flexibility index (Phi) is 5.53. The molecule has 2 aliphatic rings. The number of nitrogens with zero attached hydrogens (tertiary/aromatic N) is 3. The summed E-state index contributed by atoms with van der Waals surface area (Å²) in [7, 11) is 1.99. The molecule has 1 unspecified atom stereocenters. The van der Waals surface area contributed by atoms with Crippen LogP contribution in [0.15, 0.2) is 24.3 Å². The number of likely N-dealkylation sites (tertiary alicyclic amines) is 1. The van der Waals surface area contributed by atoms with Gasteiger partial charge in [-0.25, -0.2) is 9.18 Å². The lowest BCUT2D eigenvalue weighted by molar-refractivity contribution is -0.137. The molecule has 3 rings (SSSR count). The fourth-order valence-electron chi connectivity index (χ4n) is 3.49. The Morgan fingerprint density at radius 1 is 1.12 bits per heavy atom. The topological polar surface area (TPSA) is 55.9 Å². The quantitative estimate of drug-likeness (QED) is 0.895. The van der Waals surface area contributed by atoms with Gasteiger partial charge in [0.2, 0.25) is 5.91 Å². The molecule has 0 saturated carbocycles. The van der Waals surface area contributed by atoms with E-state index in [1.807, 2.05) is 11.9 Å². The third-order valence-electron chi connectivity index (χ3n) is 5.07. The Labute approximate surface area is 147 Å². The van der Waals surface area contributed by atoms with Crippen molar-refractivity contribution in [3.8, 4) is 0 Å². The second kappa shape index (κ2) is 7.82. The van der Waals surface area contributed by atoms with Gasteiger partial charge >= 0.3 is 6.03 Å². The highest BCUT2D eigenvalue weighted by Crippen LogP contribution is 2.18. The SMILES string of the molecule is CN1CCCC1C(=O)N1CCN(C(=O)NCc2ccccc2F)CC1. The summed E-state index contributed by atoms with van der Waals surface area (Å²) in [6.07, 6.45) is 1.98. The van der Waals surface area contributed by atoms with Crippen molar-refractivity contribution in [1.29, 1.82) is 0 Å². The molecule has 0 bridgehead atoms. The molecular formula is C18H25FN4O2. The second-order valence-corrected chi connectivity index (χ2v) is 6.70. The van der Waals surface area contributed by atoms with Crippen LogP contribution in [-0.2, 0) is 11.3 Å². The molecule has 2 fully saturated rings. The number of carbonyl (C=O) groups is 2. The number of halogens is 1. The number of amides is 3. The van der Waals surface area contributed by atoms with Gasteiger partial charge in [-0.3, -0.25) is 9.69 Å². The molecule has 2 aliphatic heterocycles. The van der Waals surface area contributed by atoms with Crippen LogP contribution in [0.3, 0.4) is 0 Å². The molecule has 3 amide bonds. The highest BCUT2D eigenvalue weighted by molar-refractivity contribution is 5.82. The zero-order valence-electron chi connectivity index (χ0n) is 14.6. The van der Waals surface area contributed by atoms with E-state index < -0.39 is 0 Å². The summed E-state index contributed by atoms with van der Waals surface area (Å²) in [6, 6.07) is 6.18. The maximum absolute atomic E-state index is 13.6. The molecule has 0 spiro atoms. The van der Waals surface area contributed by atoms with Crippen LogP contribution in [0.5, 0.6) is 0 Å². The van der Waals surface area contributed by atoms with Crippen molar-refractivity contribution in [2.45, 2.75) is 25.4 Å². The highest BCUT2D eigenvalue weighted by Gasteiger charge is 2.33. The maximum atomic E-state index is 13.6. The molecule has 1 atom stereocenters. The van der Waals surface area contributed by atoms with Crippen LogP contribution >= 0.6 is 0 Å². The van der Waals surface area contributed by atoms with Gasteiger partial charge in [0, 0.05) is 38.3 Å². The van der Waals surface area contributed by atoms with E-state index in [9.17, 15) is 14.0 Å². The zero-order chi connectivity index (χ0) is 17.8. The summed E-state index contributed by atoms with van der Waals surface area (Å²) in [4.78, 5) is 30.5. The number of likely N-dealkylation sites (N-methyl/N-ethyl adjacent to an activating group) is 1. The first-order chi connectivity index (χ1) is 12.1. The van der Waals surface area contributed by atoms with E-state index in [1.54, 1.807) is 23.1 Å². The number of hydrogen-bond acceptors (Lipinski definition) is 3. The lowest BCUT2D eigenvalue weighted by atomic mass is 10.1. The Hall–Kier alpha value is -2.15. The molecule has 1 aromatic rings. The zero-order valence-corrected chi connectivity index (χ0v) is 14.6. The minimum absolute atomic E-state index is 0.0126. The average Bonchev–Trinajstić information content (AvgIpc) is 3.06.